The quantitative estimate of drug-likeness (QED) is 0.531. The summed E-state index contributed by atoms with van der Waals surface area (Å²) < 4.78 is 5.70. The standard InChI is InChI=1S/C13H12N4O/c1-8-12(9-4-2-3-5-10(9)18-8)13-15-7-6-11(16-13)17-14/h2-7H,14H2,1H3,(H,15,16,17). The largest absolute Gasteiger partial charge is 0.461 e. The Kier molecular flexibility index (Phi) is 2.46. The monoisotopic (exact) mass is 240 g/mol. The molecule has 2 aromatic heterocycles. The Morgan fingerprint density at radius 2 is 2.06 bits per heavy atom. The number of para-hydroxylation sites is 1. The number of hydrogen-bond donors (Lipinski definition) is 2. The molecule has 0 unspecified atom stereocenters. The summed E-state index contributed by atoms with van der Waals surface area (Å²) in [6, 6.07) is 9.53. The van der Waals surface area contributed by atoms with Crippen LogP contribution in [0.3, 0.4) is 0 Å². The molecule has 18 heavy (non-hydrogen) atoms. The molecule has 0 bridgehead atoms. The Hall–Kier alpha value is -2.40. The van der Waals surface area contributed by atoms with Gasteiger partial charge in [-0.15, -0.1) is 0 Å². The molecule has 3 aromatic rings. The zero-order valence-corrected chi connectivity index (χ0v) is 9.84. The van der Waals surface area contributed by atoms with Gasteiger partial charge in [-0.25, -0.2) is 15.8 Å². The smallest absolute Gasteiger partial charge is 0.165 e. The number of aromatic nitrogens is 2. The molecule has 2 heterocycles. The van der Waals surface area contributed by atoms with Gasteiger partial charge in [0, 0.05) is 17.6 Å². The first-order valence-corrected chi connectivity index (χ1v) is 5.58. The van der Waals surface area contributed by atoms with E-state index in [1.54, 1.807) is 12.3 Å². The predicted octanol–water partition coefficient (Wildman–Crippen LogP) is 2.48. The topological polar surface area (TPSA) is 77.0 Å². The first-order valence-electron chi connectivity index (χ1n) is 5.58. The number of nitrogens with one attached hydrogen (secondary N) is 1. The first-order chi connectivity index (χ1) is 8.79. The maximum Gasteiger partial charge on any atom is 0.165 e. The lowest BCUT2D eigenvalue weighted by Gasteiger charge is -2.02. The van der Waals surface area contributed by atoms with Gasteiger partial charge in [0.15, 0.2) is 5.82 Å². The van der Waals surface area contributed by atoms with Crippen LogP contribution in [-0.2, 0) is 0 Å². The van der Waals surface area contributed by atoms with Crippen LogP contribution in [0.1, 0.15) is 5.76 Å². The average molecular weight is 240 g/mol. The maximum absolute atomic E-state index is 5.70. The molecular weight excluding hydrogens is 228 g/mol. The molecular formula is C13H12N4O. The van der Waals surface area contributed by atoms with Crippen LogP contribution in [0.15, 0.2) is 40.9 Å². The third-order valence-corrected chi connectivity index (χ3v) is 2.80. The fourth-order valence-electron chi connectivity index (χ4n) is 2.01. The third-order valence-electron chi connectivity index (χ3n) is 2.80. The molecule has 0 saturated carbocycles. The Morgan fingerprint density at radius 3 is 2.89 bits per heavy atom. The third kappa shape index (κ3) is 1.61. The molecule has 5 nitrogen and oxygen atoms in total. The summed E-state index contributed by atoms with van der Waals surface area (Å²) in [4.78, 5) is 8.61. The van der Waals surface area contributed by atoms with Crippen LogP contribution in [0.2, 0.25) is 0 Å². The van der Waals surface area contributed by atoms with Crippen molar-refractivity contribution in [3.8, 4) is 11.4 Å². The first kappa shape index (κ1) is 10.7. The number of benzene rings is 1. The fraction of sp³-hybridized carbons (Fsp3) is 0.0769. The van der Waals surface area contributed by atoms with Crippen LogP contribution < -0.4 is 11.3 Å². The number of hydrazine groups is 1. The lowest BCUT2D eigenvalue weighted by Crippen LogP contribution is -2.09. The lowest BCUT2D eigenvalue weighted by atomic mass is 10.1. The number of rotatable bonds is 2. The van der Waals surface area contributed by atoms with E-state index in [2.05, 4.69) is 15.4 Å². The summed E-state index contributed by atoms with van der Waals surface area (Å²) in [5, 5.41) is 1.00. The van der Waals surface area contributed by atoms with Gasteiger partial charge in [0.25, 0.3) is 0 Å². The van der Waals surface area contributed by atoms with Crippen LogP contribution in [0.5, 0.6) is 0 Å². The summed E-state index contributed by atoms with van der Waals surface area (Å²) >= 11 is 0. The molecule has 0 amide bonds. The fourth-order valence-corrected chi connectivity index (χ4v) is 2.01. The molecule has 0 aliphatic carbocycles. The van der Waals surface area contributed by atoms with Gasteiger partial charge in [-0.2, -0.15) is 0 Å². The number of aryl methyl sites for hydroxylation is 1. The van der Waals surface area contributed by atoms with E-state index in [1.165, 1.54) is 0 Å². The Bertz CT molecular complexity index is 705. The van der Waals surface area contributed by atoms with E-state index in [-0.39, 0.29) is 0 Å². The zero-order valence-electron chi connectivity index (χ0n) is 9.84. The molecule has 3 N–H and O–H groups in total. The van der Waals surface area contributed by atoms with Gasteiger partial charge < -0.3 is 9.84 Å². The van der Waals surface area contributed by atoms with Gasteiger partial charge in [0.2, 0.25) is 0 Å². The van der Waals surface area contributed by atoms with E-state index in [4.69, 9.17) is 10.3 Å². The van der Waals surface area contributed by atoms with E-state index in [1.807, 2.05) is 31.2 Å². The summed E-state index contributed by atoms with van der Waals surface area (Å²) in [6.07, 6.45) is 1.67. The SMILES string of the molecule is Cc1oc2ccccc2c1-c1nccc(NN)n1. The van der Waals surface area contributed by atoms with Crippen LogP contribution in [0, 0.1) is 6.92 Å². The second-order valence-corrected chi connectivity index (χ2v) is 3.94. The van der Waals surface area contributed by atoms with Crippen molar-refractivity contribution in [1.82, 2.24) is 9.97 Å². The number of nitrogens with zero attached hydrogens (tertiary/aromatic N) is 2. The minimum atomic E-state index is 0.574. The molecule has 0 fully saturated rings. The molecule has 5 heteroatoms. The molecule has 1 aromatic carbocycles. The highest BCUT2D eigenvalue weighted by Gasteiger charge is 2.14. The van der Waals surface area contributed by atoms with Crippen LogP contribution in [-0.4, -0.2) is 9.97 Å². The number of hydrogen-bond acceptors (Lipinski definition) is 5. The maximum atomic E-state index is 5.70. The number of furan rings is 1. The van der Waals surface area contributed by atoms with Crippen molar-refractivity contribution in [1.29, 1.82) is 0 Å². The number of nitrogens with two attached hydrogens (primary N) is 1. The minimum absolute atomic E-state index is 0.574. The molecule has 0 radical (unpaired) electrons. The van der Waals surface area contributed by atoms with Crippen molar-refractivity contribution >= 4 is 16.8 Å². The van der Waals surface area contributed by atoms with Crippen molar-refractivity contribution in [2.45, 2.75) is 6.92 Å². The highest BCUT2D eigenvalue weighted by Crippen LogP contribution is 2.32. The summed E-state index contributed by atoms with van der Waals surface area (Å²) in [5.41, 5.74) is 4.25. The molecule has 0 saturated heterocycles. The summed E-state index contributed by atoms with van der Waals surface area (Å²) in [7, 11) is 0. The van der Waals surface area contributed by atoms with E-state index in [0.717, 1.165) is 22.3 Å². The number of anilines is 1. The van der Waals surface area contributed by atoms with Gasteiger partial charge in [0.1, 0.15) is 17.2 Å². The minimum Gasteiger partial charge on any atom is -0.461 e. The summed E-state index contributed by atoms with van der Waals surface area (Å²) in [6.45, 7) is 1.90. The van der Waals surface area contributed by atoms with Crippen molar-refractivity contribution < 1.29 is 4.42 Å². The number of fused-ring (bicyclic) bond motifs is 1. The van der Waals surface area contributed by atoms with Gasteiger partial charge >= 0.3 is 0 Å². The van der Waals surface area contributed by atoms with E-state index in [9.17, 15) is 0 Å². The lowest BCUT2D eigenvalue weighted by molar-refractivity contribution is 0.579. The van der Waals surface area contributed by atoms with Gasteiger partial charge in [0.05, 0.1) is 5.56 Å². The second-order valence-electron chi connectivity index (χ2n) is 3.94. The van der Waals surface area contributed by atoms with Crippen LogP contribution in [0.25, 0.3) is 22.4 Å². The zero-order chi connectivity index (χ0) is 12.5. The molecule has 3 rings (SSSR count). The Morgan fingerprint density at radius 1 is 1.22 bits per heavy atom. The van der Waals surface area contributed by atoms with Crippen molar-refractivity contribution in [2.24, 2.45) is 5.84 Å². The number of nitrogen functional groups attached to an aromatic ring is 1. The van der Waals surface area contributed by atoms with E-state index < -0.39 is 0 Å². The molecule has 0 aliphatic heterocycles. The van der Waals surface area contributed by atoms with Gasteiger partial charge in [-0.1, -0.05) is 18.2 Å². The molecule has 0 spiro atoms. The van der Waals surface area contributed by atoms with E-state index in [0.29, 0.717) is 11.6 Å². The van der Waals surface area contributed by atoms with Gasteiger partial charge in [-0.3, -0.25) is 0 Å². The molecule has 0 aliphatic rings. The average Bonchev–Trinajstić information content (AvgIpc) is 2.74. The Balaban J connectivity index is 2.27. The van der Waals surface area contributed by atoms with Crippen LogP contribution in [0.4, 0.5) is 5.82 Å². The molecule has 90 valence electrons. The van der Waals surface area contributed by atoms with E-state index >= 15 is 0 Å². The van der Waals surface area contributed by atoms with Crippen molar-refractivity contribution in [2.75, 3.05) is 5.43 Å². The van der Waals surface area contributed by atoms with Crippen molar-refractivity contribution in [3.63, 3.8) is 0 Å². The van der Waals surface area contributed by atoms with Gasteiger partial charge in [-0.05, 0) is 13.0 Å². The predicted molar refractivity (Wildman–Crippen MR) is 69.8 cm³/mol. The Labute approximate surface area is 104 Å². The van der Waals surface area contributed by atoms with Crippen molar-refractivity contribution in [3.05, 3.63) is 42.3 Å². The van der Waals surface area contributed by atoms with Crippen LogP contribution >= 0.6 is 0 Å². The normalized spacial score (nSPS) is 10.8. The highest BCUT2D eigenvalue weighted by molar-refractivity contribution is 5.93. The second kappa shape index (κ2) is 4.12. The highest BCUT2D eigenvalue weighted by atomic mass is 16.3. The molecule has 0 atom stereocenters. The summed E-state index contributed by atoms with van der Waals surface area (Å²) in [5.74, 6) is 7.33.